The van der Waals surface area contributed by atoms with Crippen LogP contribution in [0.2, 0.25) is 0 Å². The lowest BCUT2D eigenvalue weighted by Gasteiger charge is -2.23. The summed E-state index contributed by atoms with van der Waals surface area (Å²) in [6.07, 6.45) is -2.38. The van der Waals surface area contributed by atoms with E-state index in [0.29, 0.717) is 12.4 Å². The maximum absolute atomic E-state index is 9.14. The molecule has 0 aromatic carbocycles. The molecule has 3 N–H and O–H groups in total. The molecular weight excluding hydrogens is 208 g/mol. The molecule has 0 fully saturated rings. The highest BCUT2D eigenvalue weighted by molar-refractivity contribution is 7.80. The van der Waals surface area contributed by atoms with Gasteiger partial charge < -0.3 is 24.8 Å². The van der Waals surface area contributed by atoms with Gasteiger partial charge >= 0.3 is 0 Å². The van der Waals surface area contributed by atoms with Crippen LogP contribution < -0.4 is 0 Å². The van der Waals surface area contributed by atoms with E-state index in [1.54, 1.807) is 0 Å². The van der Waals surface area contributed by atoms with Gasteiger partial charge in [0.25, 0.3) is 0 Å². The Labute approximate surface area is 89.1 Å². The Bertz CT molecular complexity index is 133. The van der Waals surface area contributed by atoms with Crippen LogP contribution in [0.25, 0.3) is 0 Å². The van der Waals surface area contributed by atoms with E-state index in [-0.39, 0.29) is 13.2 Å². The molecular formula is C8H18O5S. The van der Waals surface area contributed by atoms with Crippen LogP contribution in [0, 0.1) is 0 Å². The zero-order valence-corrected chi connectivity index (χ0v) is 9.06. The lowest BCUT2D eigenvalue weighted by Crippen LogP contribution is -2.37. The Kier molecular flexibility index (Phi) is 8.55. The lowest BCUT2D eigenvalue weighted by molar-refractivity contribution is -0.209. The van der Waals surface area contributed by atoms with Crippen molar-refractivity contribution in [3.05, 3.63) is 0 Å². The molecule has 3 unspecified atom stereocenters. The SMILES string of the molecule is CC(O)C(CO)OC(CO)OCCS. The van der Waals surface area contributed by atoms with E-state index in [9.17, 15) is 0 Å². The molecule has 0 heterocycles. The molecule has 5 nitrogen and oxygen atoms in total. The second kappa shape index (κ2) is 8.46. The molecule has 0 spiro atoms. The normalized spacial score (nSPS) is 17.8. The van der Waals surface area contributed by atoms with Gasteiger partial charge in [-0.05, 0) is 6.92 Å². The molecule has 0 aromatic rings. The summed E-state index contributed by atoms with van der Waals surface area (Å²) in [6, 6.07) is 0. The van der Waals surface area contributed by atoms with Crippen molar-refractivity contribution in [2.75, 3.05) is 25.6 Å². The van der Waals surface area contributed by atoms with Gasteiger partial charge in [-0.2, -0.15) is 12.6 Å². The Morgan fingerprint density at radius 3 is 2.29 bits per heavy atom. The van der Waals surface area contributed by atoms with Crippen molar-refractivity contribution in [2.24, 2.45) is 0 Å². The first-order valence-electron chi connectivity index (χ1n) is 4.43. The standard InChI is InChI=1S/C8H18O5S/c1-6(11)7(4-9)13-8(5-10)12-2-3-14/h6-11,14H,2-5H2,1H3. The predicted molar refractivity (Wildman–Crippen MR) is 54.3 cm³/mol. The number of aliphatic hydroxyl groups excluding tert-OH is 3. The van der Waals surface area contributed by atoms with E-state index < -0.39 is 18.5 Å². The minimum absolute atomic E-state index is 0.321. The van der Waals surface area contributed by atoms with Crippen molar-refractivity contribution in [1.29, 1.82) is 0 Å². The number of thiol groups is 1. The van der Waals surface area contributed by atoms with Crippen LogP contribution in [0.1, 0.15) is 6.92 Å². The molecule has 0 aliphatic carbocycles. The van der Waals surface area contributed by atoms with Gasteiger partial charge in [-0.3, -0.25) is 0 Å². The fourth-order valence-electron chi connectivity index (χ4n) is 0.823. The molecule has 0 aliphatic heterocycles. The molecule has 0 saturated carbocycles. The summed E-state index contributed by atoms with van der Waals surface area (Å²) in [7, 11) is 0. The van der Waals surface area contributed by atoms with E-state index in [1.165, 1.54) is 6.92 Å². The van der Waals surface area contributed by atoms with Gasteiger partial charge in [0, 0.05) is 5.75 Å². The average molecular weight is 226 g/mol. The predicted octanol–water partition coefficient (Wildman–Crippen LogP) is -0.991. The molecule has 14 heavy (non-hydrogen) atoms. The van der Waals surface area contributed by atoms with Crippen molar-refractivity contribution < 1.29 is 24.8 Å². The van der Waals surface area contributed by atoms with Crippen molar-refractivity contribution >= 4 is 12.6 Å². The van der Waals surface area contributed by atoms with Crippen LogP contribution in [0.4, 0.5) is 0 Å². The second-order valence-corrected chi connectivity index (χ2v) is 3.25. The summed E-state index contributed by atoms with van der Waals surface area (Å²) in [5, 5.41) is 26.8. The van der Waals surface area contributed by atoms with Crippen LogP contribution in [-0.4, -0.2) is 59.4 Å². The first kappa shape index (κ1) is 14.2. The topological polar surface area (TPSA) is 79.2 Å². The largest absolute Gasteiger partial charge is 0.394 e. The van der Waals surface area contributed by atoms with E-state index in [1.807, 2.05) is 0 Å². The molecule has 0 bridgehead atoms. The third kappa shape index (κ3) is 5.79. The minimum Gasteiger partial charge on any atom is -0.394 e. The first-order chi connectivity index (χ1) is 6.65. The molecule has 0 radical (unpaired) electrons. The number of hydrogen-bond acceptors (Lipinski definition) is 6. The fourth-order valence-corrected chi connectivity index (χ4v) is 0.929. The molecule has 0 rings (SSSR count). The number of ether oxygens (including phenoxy) is 2. The van der Waals surface area contributed by atoms with Crippen LogP contribution in [0.3, 0.4) is 0 Å². The van der Waals surface area contributed by atoms with Crippen molar-refractivity contribution in [3.63, 3.8) is 0 Å². The number of hydrogen-bond donors (Lipinski definition) is 4. The fraction of sp³-hybridized carbons (Fsp3) is 1.00. The summed E-state index contributed by atoms with van der Waals surface area (Å²) in [5.41, 5.74) is 0. The Balaban J connectivity index is 3.87. The van der Waals surface area contributed by atoms with Gasteiger partial charge in [0.1, 0.15) is 6.10 Å². The monoisotopic (exact) mass is 226 g/mol. The molecule has 0 amide bonds. The maximum Gasteiger partial charge on any atom is 0.181 e. The van der Waals surface area contributed by atoms with E-state index in [2.05, 4.69) is 12.6 Å². The highest BCUT2D eigenvalue weighted by Gasteiger charge is 2.19. The zero-order chi connectivity index (χ0) is 11.0. The van der Waals surface area contributed by atoms with Gasteiger partial charge in [0.15, 0.2) is 6.29 Å². The van der Waals surface area contributed by atoms with E-state index in [4.69, 9.17) is 24.8 Å². The van der Waals surface area contributed by atoms with Crippen molar-refractivity contribution in [3.8, 4) is 0 Å². The van der Waals surface area contributed by atoms with Gasteiger partial charge in [-0.1, -0.05) is 0 Å². The van der Waals surface area contributed by atoms with Gasteiger partial charge in [-0.25, -0.2) is 0 Å². The molecule has 0 aromatic heterocycles. The summed E-state index contributed by atoms with van der Waals surface area (Å²) < 4.78 is 10.2. The van der Waals surface area contributed by atoms with E-state index >= 15 is 0 Å². The van der Waals surface area contributed by atoms with Gasteiger partial charge in [0.2, 0.25) is 0 Å². The molecule has 6 heteroatoms. The summed E-state index contributed by atoms with van der Waals surface area (Å²) in [6.45, 7) is 1.19. The molecule has 0 aliphatic rings. The lowest BCUT2D eigenvalue weighted by atomic mass is 10.2. The van der Waals surface area contributed by atoms with Crippen molar-refractivity contribution in [1.82, 2.24) is 0 Å². The quantitative estimate of drug-likeness (QED) is 0.316. The summed E-state index contributed by atoms with van der Waals surface area (Å²) in [5.74, 6) is 0.512. The van der Waals surface area contributed by atoms with E-state index in [0.717, 1.165) is 0 Å². The van der Waals surface area contributed by atoms with Crippen LogP contribution in [0.5, 0.6) is 0 Å². The highest BCUT2D eigenvalue weighted by Crippen LogP contribution is 2.04. The number of aliphatic hydroxyl groups is 3. The molecule has 0 saturated heterocycles. The average Bonchev–Trinajstić information content (AvgIpc) is 2.18. The Morgan fingerprint density at radius 2 is 1.93 bits per heavy atom. The minimum atomic E-state index is -0.825. The maximum atomic E-state index is 9.14. The highest BCUT2D eigenvalue weighted by atomic mass is 32.1. The third-order valence-corrected chi connectivity index (χ3v) is 1.77. The third-order valence-electron chi connectivity index (χ3n) is 1.59. The Morgan fingerprint density at radius 1 is 1.29 bits per heavy atom. The summed E-state index contributed by atoms with van der Waals surface area (Å²) in [4.78, 5) is 0. The first-order valence-corrected chi connectivity index (χ1v) is 5.06. The van der Waals surface area contributed by atoms with Crippen LogP contribution in [-0.2, 0) is 9.47 Å². The zero-order valence-electron chi connectivity index (χ0n) is 8.17. The summed E-state index contributed by atoms with van der Waals surface area (Å²) >= 11 is 3.93. The number of rotatable bonds is 8. The van der Waals surface area contributed by atoms with Crippen LogP contribution >= 0.6 is 12.6 Å². The van der Waals surface area contributed by atoms with Crippen LogP contribution in [0.15, 0.2) is 0 Å². The molecule has 3 atom stereocenters. The second-order valence-electron chi connectivity index (χ2n) is 2.80. The van der Waals surface area contributed by atoms with Crippen molar-refractivity contribution in [2.45, 2.75) is 25.4 Å². The van der Waals surface area contributed by atoms with Gasteiger partial charge in [0.05, 0.1) is 25.9 Å². The Hall–Kier alpha value is 0.150. The smallest absolute Gasteiger partial charge is 0.181 e. The molecule has 86 valence electrons. The van der Waals surface area contributed by atoms with Gasteiger partial charge in [-0.15, -0.1) is 0 Å².